The maximum atomic E-state index is 14.1. The van der Waals surface area contributed by atoms with Gasteiger partial charge in [-0.3, -0.25) is 13.9 Å². The first kappa shape index (κ1) is 32.0. The zero-order valence-corrected chi connectivity index (χ0v) is 25.8. The maximum Gasteiger partial charge on any atom is 0.264 e. The van der Waals surface area contributed by atoms with Crippen LogP contribution in [0.25, 0.3) is 0 Å². The van der Waals surface area contributed by atoms with E-state index in [2.05, 4.69) is 5.32 Å². The number of hydrogen-bond donors (Lipinski definition) is 1. The van der Waals surface area contributed by atoms with E-state index >= 15 is 0 Å². The molecule has 0 spiro atoms. The van der Waals surface area contributed by atoms with Crippen LogP contribution in [0.1, 0.15) is 32.3 Å². The van der Waals surface area contributed by atoms with E-state index in [0.29, 0.717) is 28.6 Å². The predicted molar refractivity (Wildman–Crippen MR) is 162 cm³/mol. The second-order valence-corrected chi connectivity index (χ2v) is 12.4. The molecule has 0 aliphatic heterocycles. The van der Waals surface area contributed by atoms with Gasteiger partial charge in [-0.25, -0.2) is 8.42 Å². The number of carbonyl (C=O) groups is 2. The molecule has 0 aromatic heterocycles. The molecule has 1 atom stereocenters. The van der Waals surface area contributed by atoms with Gasteiger partial charge in [-0.2, -0.15) is 0 Å². The summed E-state index contributed by atoms with van der Waals surface area (Å²) in [6, 6.07) is 16.0. The molecular weight excluding hydrogens is 616 g/mol. The van der Waals surface area contributed by atoms with Crippen LogP contribution in [0.4, 0.5) is 5.69 Å². The fourth-order valence-corrected chi connectivity index (χ4v) is 6.26. The lowest BCUT2D eigenvalue weighted by Gasteiger charge is -2.33. The van der Waals surface area contributed by atoms with E-state index in [1.54, 1.807) is 43.3 Å². The van der Waals surface area contributed by atoms with Gasteiger partial charge in [-0.05, 0) is 55.3 Å². The monoisotopic (exact) mass is 643 g/mol. The van der Waals surface area contributed by atoms with Crippen molar-refractivity contribution in [3.05, 3.63) is 92.4 Å². The highest BCUT2D eigenvalue weighted by Crippen LogP contribution is 2.32. The third kappa shape index (κ3) is 7.62. The zero-order valence-electron chi connectivity index (χ0n) is 21.9. The standard InChI is InChI=1S/C28H29Cl4N3O4S/c1-3-15-33-28(37)26(4-2)34(17-21-22(29)11-8-12-23(21)30)27(36)18-35(19-13-14-24(31)25(32)16-19)40(38,39)20-9-6-5-7-10-20/h5-14,16,26H,3-4,15,17-18H2,1-2H3,(H,33,37)/t26-/m0/s1. The Labute approximate surface area is 255 Å². The number of anilines is 1. The average Bonchev–Trinajstić information content (AvgIpc) is 2.93. The van der Waals surface area contributed by atoms with Crippen molar-refractivity contribution < 1.29 is 18.0 Å². The fraction of sp³-hybridized carbons (Fsp3) is 0.286. The number of amides is 2. The minimum atomic E-state index is -4.24. The lowest BCUT2D eigenvalue weighted by molar-refractivity contribution is -0.140. The largest absolute Gasteiger partial charge is 0.354 e. The number of halogens is 4. The van der Waals surface area contributed by atoms with E-state index in [0.717, 1.165) is 4.31 Å². The SMILES string of the molecule is CCCNC(=O)[C@H](CC)N(Cc1c(Cl)cccc1Cl)C(=O)CN(c1ccc(Cl)c(Cl)c1)S(=O)(=O)c1ccccc1. The van der Waals surface area contributed by atoms with Gasteiger partial charge in [0.2, 0.25) is 11.8 Å². The normalized spacial score (nSPS) is 12.1. The highest BCUT2D eigenvalue weighted by atomic mass is 35.5. The van der Waals surface area contributed by atoms with Crippen LogP contribution in [0.5, 0.6) is 0 Å². The van der Waals surface area contributed by atoms with Crippen LogP contribution in [-0.2, 0) is 26.2 Å². The Morgan fingerprint density at radius 2 is 1.50 bits per heavy atom. The Morgan fingerprint density at radius 1 is 0.850 bits per heavy atom. The molecule has 12 heteroatoms. The van der Waals surface area contributed by atoms with Crippen LogP contribution in [0.2, 0.25) is 20.1 Å². The van der Waals surface area contributed by atoms with Crippen molar-refractivity contribution in [1.29, 1.82) is 0 Å². The topological polar surface area (TPSA) is 86.8 Å². The molecule has 3 aromatic rings. The van der Waals surface area contributed by atoms with Gasteiger partial charge in [0.25, 0.3) is 10.0 Å². The number of nitrogens with zero attached hydrogens (tertiary/aromatic N) is 2. The predicted octanol–water partition coefficient (Wildman–Crippen LogP) is 6.83. The van der Waals surface area contributed by atoms with Crippen molar-refractivity contribution in [2.45, 2.75) is 44.2 Å². The van der Waals surface area contributed by atoms with Gasteiger partial charge in [0, 0.05) is 28.7 Å². The van der Waals surface area contributed by atoms with E-state index in [4.69, 9.17) is 46.4 Å². The minimum Gasteiger partial charge on any atom is -0.354 e. The van der Waals surface area contributed by atoms with Gasteiger partial charge in [0.15, 0.2) is 0 Å². The molecule has 0 bridgehead atoms. The van der Waals surface area contributed by atoms with Crippen molar-refractivity contribution in [3.8, 4) is 0 Å². The summed E-state index contributed by atoms with van der Waals surface area (Å²) >= 11 is 25.2. The summed E-state index contributed by atoms with van der Waals surface area (Å²) in [6.45, 7) is 3.35. The molecule has 0 radical (unpaired) electrons. The highest BCUT2D eigenvalue weighted by Gasteiger charge is 2.34. The quantitative estimate of drug-likeness (QED) is 0.234. The van der Waals surface area contributed by atoms with E-state index in [1.807, 2.05) is 6.92 Å². The Kier molecular flexibility index (Phi) is 11.5. The van der Waals surface area contributed by atoms with Gasteiger partial charge >= 0.3 is 0 Å². The Balaban J connectivity index is 2.10. The lowest BCUT2D eigenvalue weighted by atomic mass is 10.1. The Hall–Kier alpha value is -2.49. The van der Waals surface area contributed by atoms with Crippen LogP contribution >= 0.6 is 46.4 Å². The van der Waals surface area contributed by atoms with E-state index in [1.165, 1.54) is 35.2 Å². The van der Waals surface area contributed by atoms with Crippen LogP contribution in [0, 0.1) is 0 Å². The number of benzene rings is 3. The molecule has 0 aliphatic carbocycles. The molecule has 3 rings (SSSR count). The first-order valence-electron chi connectivity index (χ1n) is 12.5. The molecular formula is C28H29Cl4N3O4S. The molecule has 1 N–H and O–H groups in total. The molecule has 40 heavy (non-hydrogen) atoms. The number of nitrogens with one attached hydrogen (secondary N) is 1. The summed E-state index contributed by atoms with van der Waals surface area (Å²) in [5, 5.41) is 3.79. The van der Waals surface area contributed by atoms with Gasteiger partial charge in [0.1, 0.15) is 12.6 Å². The van der Waals surface area contributed by atoms with Crippen LogP contribution in [-0.4, -0.2) is 44.3 Å². The number of rotatable bonds is 12. The van der Waals surface area contributed by atoms with Gasteiger partial charge in [-0.15, -0.1) is 0 Å². The lowest BCUT2D eigenvalue weighted by Crippen LogP contribution is -2.52. The second-order valence-electron chi connectivity index (χ2n) is 8.86. The molecule has 0 heterocycles. The second kappa shape index (κ2) is 14.4. The molecule has 0 unspecified atom stereocenters. The number of carbonyl (C=O) groups excluding carboxylic acids is 2. The summed E-state index contributed by atoms with van der Waals surface area (Å²) < 4.78 is 28.6. The molecule has 0 aliphatic rings. The fourth-order valence-electron chi connectivity index (χ4n) is 4.03. The summed E-state index contributed by atoms with van der Waals surface area (Å²) in [7, 11) is -4.24. The third-order valence-corrected chi connectivity index (χ3v) is 9.36. The zero-order chi connectivity index (χ0) is 29.4. The minimum absolute atomic E-state index is 0.0256. The Bertz CT molecular complexity index is 1430. The molecule has 0 saturated heterocycles. The molecule has 2 amide bonds. The molecule has 0 saturated carbocycles. The summed E-state index contributed by atoms with van der Waals surface area (Å²) in [5.74, 6) is -1.01. The van der Waals surface area contributed by atoms with Gasteiger partial charge < -0.3 is 10.2 Å². The molecule has 0 fully saturated rings. The first-order chi connectivity index (χ1) is 19.0. The van der Waals surface area contributed by atoms with Gasteiger partial charge in [0.05, 0.1) is 20.6 Å². The van der Waals surface area contributed by atoms with Crippen molar-refractivity contribution in [3.63, 3.8) is 0 Å². The van der Waals surface area contributed by atoms with Crippen molar-refractivity contribution in [1.82, 2.24) is 10.2 Å². The van der Waals surface area contributed by atoms with Crippen LogP contribution in [0.3, 0.4) is 0 Å². The summed E-state index contributed by atoms with van der Waals surface area (Å²) in [4.78, 5) is 28.5. The van der Waals surface area contributed by atoms with Crippen molar-refractivity contribution >= 4 is 73.9 Å². The Morgan fingerprint density at radius 3 is 2.08 bits per heavy atom. The molecule has 214 valence electrons. The summed E-state index contributed by atoms with van der Waals surface area (Å²) in [5.41, 5.74) is 0.568. The summed E-state index contributed by atoms with van der Waals surface area (Å²) in [6.07, 6.45) is 0.967. The average molecular weight is 645 g/mol. The first-order valence-corrected chi connectivity index (χ1v) is 15.5. The van der Waals surface area contributed by atoms with Gasteiger partial charge in [-0.1, -0.05) is 84.5 Å². The van der Waals surface area contributed by atoms with E-state index < -0.39 is 28.5 Å². The maximum absolute atomic E-state index is 14.1. The van der Waals surface area contributed by atoms with Crippen LogP contribution < -0.4 is 9.62 Å². The van der Waals surface area contributed by atoms with E-state index in [9.17, 15) is 18.0 Å². The third-order valence-electron chi connectivity index (χ3n) is 6.13. The highest BCUT2D eigenvalue weighted by molar-refractivity contribution is 7.92. The molecule has 3 aromatic carbocycles. The number of sulfonamides is 1. The smallest absolute Gasteiger partial charge is 0.264 e. The number of hydrogen-bond acceptors (Lipinski definition) is 4. The van der Waals surface area contributed by atoms with E-state index in [-0.39, 0.29) is 39.5 Å². The van der Waals surface area contributed by atoms with Crippen molar-refractivity contribution in [2.24, 2.45) is 0 Å². The van der Waals surface area contributed by atoms with Crippen molar-refractivity contribution in [2.75, 3.05) is 17.4 Å². The van der Waals surface area contributed by atoms with Crippen LogP contribution in [0.15, 0.2) is 71.6 Å². The molecule has 7 nitrogen and oxygen atoms in total.